The maximum absolute atomic E-state index is 12.3. The van der Waals surface area contributed by atoms with Crippen molar-refractivity contribution >= 4 is 22.6 Å². The van der Waals surface area contributed by atoms with Crippen molar-refractivity contribution in [1.82, 2.24) is 10.3 Å². The van der Waals surface area contributed by atoms with Crippen LogP contribution in [0.4, 0.5) is 0 Å². The van der Waals surface area contributed by atoms with E-state index in [1.54, 1.807) is 6.20 Å². The van der Waals surface area contributed by atoms with Crippen LogP contribution >= 0.6 is 0 Å². The number of amides is 2. The summed E-state index contributed by atoms with van der Waals surface area (Å²) in [5.41, 5.74) is 4.43. The van der Waals surface area contributed by atoms with Gasteiger partial charge in [0.1, 0.15) is 11.2 Å². The Kier molecular flexibility index (Phi) is 4.26. The normalized spacial score (nSPS) is 24.0. The predicted molar refractivity (Wildman–Crippen MR) is 97.4 cm³/mol. The standard InChI is InChI=1S/C20H23N3O3/c21-18(24)20(9-10-20)19(25)23-14-4-6-15(7-5-14)26-17-3-1-2-13-12-22-11-8-16(13)17/h1-3,8,11-12,14-15H,4-7,9-10H2,(H2,21,24)(H,23,25). The van der Waals surface area contributed by atoms with Crippen LogP contribution in [0.2, 0.25) is 0 Å². The Morgan fingerprint density at radius 1 is 1.15 bits per heavy atom. The number of nitrogens with one attached hydrogen (secondary N) is 1. The number of primary amides is 1. The lowest BCUT2D eigenvalue weighted by molar-refractivity contribution is -0.136. The Hall–Kier alpha value is -2.63. The van der Waals surface area contributed by atoms with Gasteiger partial charge in [0, 0.05) is 29.2 Å². The van der Waals surface area contributed by atoms with E-state index in [4.69, 9.17) is 10.5 Å². The summed E-state index contributed by atoms with van der Waals surface area (Å²) >= 11 is 0. The molecule has 0 unspecified atom stereocenters. The van der Waals surface area contributed by atoms with Crippen molar-refractivity contribution in [2.24, 2.45) is 11.1 Å². The second-order valence-corrected chi connectivity index (χ2v) is 7.36. The number of hydrogen-bond acceptors (Lipinski definition) is 4. The van der Waals surface area contributed by atoms with Crippen LogP contribution in [0.15, 0.2) is 36.7 Å². The Labute approximate surface area is 152 Å². The van der Waals surface area contributed by atoms with Gasteiger partial charge in [-0.05, 0) is 50.7 Å². The number of carbonyl (C=O) groups is 2. The fourth-order valence-electron chi connectivity index (χ4n) is 3.73. The molecule has 6 heteroatoms. The van der Waals surface area contributed by atoms with Gasteiger partial charge in [-0.1, -0.05) is 12.1 Å². The summed E-state index contributed by atoms with van der Waals surface area (Å²) in [5.74, 6) is 0.177. The molecule has 1 aromatic heterocycles. The Balaban J connectivity index is 1.34. The monoisotopic (exact) mass is 353 g/mol. The lowest BCUT2D eigenvalue weighted by Crippen LogP contribution is -2.46. The number of hydrogen-bond donors (Lipinski definition) is 2. The third-order valence-corrected chi connectivity index (χ3v) is 5.60. The Morgan fingerprint density at radius 2 is 1.92 bits per heavy atom. The Morgan fingerprint density at radius 3 is 2.62 bits per heavy atom. The summed E-state index contributed by atoms with van der Waals surface area (Å²) < 4.78 is 6.23. The first kappa shape index (κ1) is 16.8. The van der Waals surface area contributed by atoms with Crippen LogP contribution in [0.5, 0.6) is 5.75 Å². The van der Waals surface area contributed by atoms with Crippen molar-refractivity contribution in [1.29, 1.82) is 0 Å². The van der Waals surface area contributed by atoms with E-state index in [1.165, 1.54) is 0 Å². The molecule has 1 heterocycles. The number of pyridine rings is 1. The SMILES string of the molecule is NC(=O)C1(C(=O)NC2CCC(Oc3cccc4cnccc34)CC2)CC1. The first-order chi connectivity index (χ1) is 12.6. The molecule has 0 radical (unpaired) electrons. The van der Waals surface area contributed by atoms with Crippen LogP contribution in [0.3, 0.4) is 0 Å². The smallest absolute Gasteiger partial charge is 0.235 e. The van der Waals surface area contributed by atoms with E-state index in [0.717, 1.165) is 42.2 Å². The van der Waals surface area contributed by atoms with Gasteiger partial charge in [0.2, 0.25) is 11.8 Å². The number of fused-ring (bicyclic) bond motifs is 1. The molecule has 2 amide bonds. The zero-order valence-electron chi connectivity index (χ0n) is 14.6. The van der Waals surface area contributed by atoms with Crippen LogP contribution in [0.1, 0.15) is 38.5 Å². The zero-order chi connectivity index (χ0) is 18.1. The minimum Gasteiger partial charge on any atom is -0.490 e. The molecular weight excluding hydrogens is 330 g/mol. The average molecular weight is 353 g/mol. The van der Waals surface area contributed by atoms with E-state index < -0.39 is 11.3 Å². The van der Waals surface area contributed by atoms with E-state index in [2.05, 4.69) is 10.3 Å². The number of carbonyl (C=O) groups excluding carboxylic acids is 2. The van der Waals surface area contributed by atoms with Crippen LogP contribution in [-0.2, 0) is 9.59 Å². The summed E-state index contributed by atoms with van der Waals surface area (Å²) in [6, 6.07) is 8.05. The third-order valence-electron chi connectivity index (χ3n) is 5.60. The van der Waals surface area contributed by atoms with Gasteiger partial charge >= 0.3 is 0 Å². The van der Waals surface area contributed by atoms with Gasteiger partial charge in [-0.15, -0.1) is 0 Å². The lowest BCUT2D eigenvalue weighted by atomic mass is 9.92. The van der Waals surface area contributed by atoms with E-state index in [1.807, 2.05) is 30.5 Å². The first-order valence-corrected chi connectivity index (χ1v) is 9.19. The molecule has 2 fully saturated rings. The van der Waals surface area contributed by atoms with Crippen molar-refractivity contribution < 1.29 is 14.3 Å². The summed E-state index contributed by atoms with van der Waals surface area (Å²) in [5, 5.41) is 5.14. The highest BCUT2D eigenvalue weighted by molar-refractivity contribution is 6.07. The highest BCUT2D eigenvalue weighted by atomic mass is 16.5. The van der Waals surface area contributed by atoms with Crippen molar-refractivity contribution in [3.63, 3.8) is 0 Å². The van der Waals surface area contributed by atoms with Gasteiger partial charge in [0.25, 0.3) is 0 Å². The number of nitrogens with zero attached hydrogens (tertiary/aromatic N) is 1. The molecule has 3 N–H and O–H groups in total. The molecule has 4 rings (SSSR count). The highest BCUT2D eigenvalue weighted by Crippen LogP contribution is 2.45. The minimum absolute atomic E-state index is 0.0934. The van der Waals surface area contributed by atoms with E-state index in [9.17, 15) is 9.59 Å². The van der Waals surface area contributed by atoms with Crippen LogP contribution in [0, 0.1) is 5.41 Å². The molecule has 26 heavy (non-hydrogen) atoms. The number of nitrogens with two attached hydrogens (primary N) is 1. The fourth-order valence-corrected chi connectivity index (χ4v) is 3.73. The molecule has 0 saturated heterocycles. The van der Waals surface area contributed by atoms with Crippen molar-refractivity contribution in [2.75, 3.05) is 0 Å². The maximum Gasteiger partial charge on any atom is 0.235 e. The molecule has 6 nitrogen and oxygen atoms in total. The highest BCUT2D eigenvalue weighted by Gasteiger charge is 2.55. The quantitative estimate of drug-likeness (QED) is 0.807. The van der Waals surface area contributed by atoms with Gasteiger partial charge in [-0.3, -0.25) is 14.6 Å². The molecule has 1 aromatic carbocycles. The predicted octanol–water partition coefficient (Wildman–Crippen LogP) is 2.31. The molecule has 0 aliphatic heterocycles. The van der Waals surface area contributed by atoms with Gasteiger partial charge in [0.15, 0.2) is 0 Å². The number of benzene rings is 1. The zero-order valence-corrected chi connectivity index (χ0v) is 14.6. The molecule has 136 valence electrons. The minimum atomic E-state index is -0.940. The van der Waals surface area contributed by atoms with E-state index in [0.29, 0.717) is 12.8 Å². The summed E-state index contributed by atoms with van der Waals surface area (Å²) in [4.78, 5) is 27.9. The molecule has 0 atom stereocenters. The van der Waals surface area contributed by atoms with Crippen LogP contribution in [-0.4, -0.2) is 28.9 Å². The molecular formula is C20H23N3O3. The molecule has 0 bridgehead atoms. The molecule has 2 saturated carbocycles. The molecule has 2 aromatic rings. The topological polar surface area (TPSA) is 94.3 Å². The van der Waals surface area contributed by atoms with Gasteiger partial charge in [-0.25, -0.2) is 0 Å². The van der Waals surface area contributed by atoms with Gasteiger partial charge in [0.05, 0.1) is 6.10 Å². The average Bonchev–Trinajstić information content (AvgIpc) is 3.46. The molecule has 0 spiro atoms. The first-order valence-electron chi connectivity index (χ1n) is 9.19. The molecule has 2 aliphatic rings. The second-order valence-electron chi connectivity index (χ2n) is 7.36. The number of ether oxygens (including phenoxy) is 1. The number of aromatic nitrogens is 1. The largest absolute Gasteiger partial charge is 0.490 e. The Bertz CT molecular complexity index is 834. The van der Waals surface area contributed by atoms with Crippen LogP contribution in [0.25, 0.3) is 10.8 Å². The van der Waals surface area contributed by atoms with Crippen LogP contribution < -0.4 is 15.8 Å². The van der Waals surface area contributed by atoms with Gasteiger partial charge in [-0.2, -0.15) is 0 Å². The lowest BCUT2D eigenvalue weighted by Gasteiger charge is -2.30. The second kappa shape index (κ2) is 6.59. The molecule has 2 aliphatic carbocycles. The van der Waals surface area contributed by atoms with Gasteiger partial charge < -0.3 is 15.8 Å². The maximum atomic E-state index is 12.3. The van der Waals surface area contributed by atoms with Crippen molar-refractivity contribution in [3.05, 3.63) is 36.7 Å². The summed E-state index contributed by atoms with van der Waals surface area (Å²) in [6.45, 7) is 0. The van der Waals surface area contributed by atoms with E-state index in [-0.39, 0.29) is 18.1 Å². The third kappa shape index (κ3) is 3.11. The fraction of sp³-hybridized carbons (Fsp3) is 0.450. The summed E-state index contributed by atoms with van der Waals surface area (Å²) in [7, 11) is 0. The van der Waals surface area contributed by atoms with E-state index >= 15 is 0 Å². The number of rotatable bonds is 5. The van der Waals surface area contributed by atoms with Crippen molar-refractivity contribution in [3.8, 4) is 5.75 Å². The van der Waals surface area contributed by atoms with Crippen molar-refractivity contribution in [2.45, 2.75) is 50.7 Å². The summed E-state index contributed by atoms with van der Waals surface area (Å²) in [6.07, 6.45) is 8.31.